The zero-order valence-corrected chi connectivity index (χ0v) is 81.8. The van der Waals surface area contributed by atoms with Gasteiger partial charge in [0.1, 0.15) is 39.3 Å². The molecule has 0 heterocycles. The SMILES string of the molecule is CCC(C)NCC(=O)N(CC(=O)N(CC(=O)N(CC(=O)N(CC(=O)N(CC(=O)N(CC(=O)N(CC(=O)N(CC(=O)N(CC(=O)N(CC(=O)N(CC(=O)N(CC(=O)N(CC(=O)N(CC(=O)N(CC(N)=O)C(C)CC)CC(C)O)CC(C)O)C(C)CC)C(C)CC)CC(C)O)CC(C)O)C(C)CC)C(C)CC)CC(C)O)CC(C)O)C(C)CC)C(C)CC)CC(C)O)CC(C)O. The van der Waals surface area contributed by atoms with Gasteiger partial charge < -0.3 is 125 Å². The van der Waals surface area contributed by atoms with Crippen LogP contribution >= 0.6 is 0 Å². The molecule has 744 valence electrons. The van der Waals surface area contributed by atoms with Crippen LogP contribution in [0.1, 0.15) is 218 Å². The molecule has 0 aliphatic heterocycles. The van der Waals surface area contributed by atoms with Crippen LogP contribution in [0.15, 0.2) is 0 Å². The van der Waals surface area contributed by atoms with Crippen molar-refractivity contribution >= 4 is 94.5 Å². The molecule has 0 bridgehead atoms. The van der Waals surface area contributed by atoms with E-state index in [4.69, 9.17) is 5.73 Å². The van der Waals surface area contributed by atoms with Crippen molar-refractivity contribution in [2.24, 2.45) is 5.73 Å². The Hall–Kier alpha value is -8.84. The molecule has 16 unspecified atom stereocenters. The third kappa shape index (κ3) is 44.3. The van der Waals surface area contributed by atoms with Gasteiger partial charge in [-0.15, -0.1) is 0 Å². The van der Waals surface area contributed by atoms with E-state index >= 15 is 0 Å². The smallest absolute Gasteiger partial charge is 0.242 e. The molecule has 0 radical (unpaired) electrons. The number of hydrogen-bond acceptors (Lipinski definition) is 25. The standard InChI is InChI=1S/C88H163N17O24/c1-25-57(9)90-33-74(115)91(34-65(17)106)43-75(116)96(39-70(22)111)48-83(124)103(62(14)30-6)54-86(127)101(60(12)28-4)52-80(121)93(36-67(19)108)45-77(118)98(41-72(24)113)50-85(126)105(64(16)32-8)56-88(129)102(61(13)29-5)53-81(122)94(37-68(20)109)46-78(119)97(40-71(23)112)49-84(125)104(63(15)31-7)55-87(128)100(59(11)27-3)51-79(120)92(35-66(18)107)44-76(117)95(38-69(21)110)47-82(123)99(42-73(89)114)58(10)26-2/h57-72,90,106-113H,25-56H2,1-24H3,(H2,89,114). The summed E-state index contributed by atoms with van der Waals surface area (Å²) in [5, 5.41) is 88.4. The van der Waals surface area contributed by atoms with Gasteiger partial charge in [0.2, 0.25) is 94.5 Å². The lowest BCUT2D eigenvalue weighted by Gasteiger charge is -2.37. The van der Waals surface area contributed by atoms with Crippen LogP contribution in [-0.2, 0) is 76.7 Å². The molecule has 11 N–H and O–H groups in total. The van der Waals surface area contributed by atoms with Crippen molar-refractivity contribution in [1.29, 1.82) is 0 Å². The van der Waals surface area contributed by atoms with Gasteiger partial charge in [-0.3, -0.25) is 76.7 Å². The molecule has 41 nitrogen and oxygen atoms in total. The number of aliphatic hydroxyl groups is 8. The topological polar surface area (TPSA) is 522 Å². The number of nitrogens with one attached hydrogen (secondary N) is 1. The van der Waals surface area contributed by atoms with Crippen molar-refractivity contribution in [3.63, 3.8) is 0 Å². The van der Waals surface area contributed by atoms with E-state index in [1.807, 2.05) is 13.8 Å². The summed E-state index contributed by atoms with van der Waals surface area (Å²) in [6.07, 6.45) is -6.87. The van der Waals surface area contributed by atoms with Gasteiger partial charge in [0.05, 0.1) is 114 Å². The average molecular weight is 1840 g/mol. The number of carbonyl (C=O) groups is 16. The first kappa shape index (κ1) is 120. The van der Waals surface area contributed by atoms with Crippen LogP contribution in [0.25, 0.3) is 0 Å². The summed E-state index contributed by atoms with van der Waals surface area (Å²) in [4.78, 5) is 246. The fourth-order valence-electron chi connectivity index (χ4n) is 13.8. The molecule has 0 aromatic carbocycles. The van der Waals surface area contributed by atoms with Gasteiger partial charge in [-0.05, 0) is 162 Å². The zero-order chi connectivity index (χ0) is 99.5. The summed E-state index contributed by atoms with van der Waals surface area (Å²) < 4.78 is 0. The van der Waals surface area contributed by atoms with E-state index in [0.29, 0.717) is 19.3 Å². The summed E-state index contributed by atoms with van der Waals surface area (Å²) in [5.74, 6) is -12.4. The highest BCUT2D eigenvalue weighted by molar-refractivity contribution is 5.97. The van der Waals surface area contributed by atoms with E-state index < -0.39 is 317 Å². The van der Waals surface area contributed by atoms with Crippen LogP contribution in [0, 0.1) is 0 Å². The van der Waals surface area contributed by atoms with Gasteiger partial charge in [-0.2, -0.15) is 0 Å². The minimum Gasteiger partial charge on any atom is -0.392 e. The molecule has 0 aromatic heterocycles. The number of nitrogens with two attached hydrogens (primary N) is 1. The fourth-order valence-corrected chi connectivity index (χ4v) is 13.8. The van der Waals surface area contributed by atoms with Crippen molar-refractivity contribution in [2.45, 2.75) is 315 Å². The second kappa shape index (κ2) is 61.0. The quantitative estimate of drug-likeness (QED) is 0.0313. The van der Waals surface area contributed by atoms with Crippen LogP contribution in [0.2, 0.25) is 0 Å². The molecule has 0 aliphatic rings. The second-order valence-electron chi connectivity index (χ2n) is 35.1. The maximum absolute atomic E-state index is 14.9. The lowest BCUT2D eigenvalue weighted by Crippen LogP contribution is -2.57. The highest BCUT2D eigenvalue weighted by atomic mass is 16.3. The Morgan fingerprint density at radius 3 is 0.481 bits per heavy atom. The Bertz CT molecular complexity index is 3530. The number of rotatable bonds is 64. The molecule has 0 spiro atoms. The van der Waals surface area contributed by atoms with Gasteiger partial charge >= 0.3 is 0 Å². The number of nitrogens with zero attached hydrogens (tertiary/aromatic N) is 15. The molecule has 0 saturated heterocycles. The summed E-state index contributed by atoms with van der Waals surface area (Å²) >= 11 is 0. The van der Waals surface area contributed by atoms with Crippen LogP contribution < -0.4 is 11.1 Å². The number of primary amides is 1. The predicted octanol–water partition coefficient (Wildman–Crippen LogP) is -2.08. The molecule has 0 saturated carbocycles. The van der Waals surface area contributed by atoms with Crippen LogP contribution in [0.5, 0.6) is 0 Å². The summed E-state index contributed by atoms with van der Waals surface area (Å²) in [6.45, 7) is 25.0. The van der Waals surface area contributed by atoms with Gasteiger partial charge in [0, 0.05) is 101 Å². The Labute approximate surface area is 765 Å². The lowest BCUT2D eigenvalue weighted by atomic mass is 10.1. The molecule has 0 rings (SSSR count). The Morgan fingerprint density at radius 1 is 0.202 bits per heavy atom. The zero-order valence-electron chi connectivity index (χ0n) is 81.8. The molecule has 41 heteroatoms. The van der Waals surface area contributed by atoms with E-state index in [1.54, 1.807) is 96.9 Å². The summed E-state index contributed by atoms with van der Waals surface area (Å²) in [7, 11) is 0. The molecular formula is C88H163N17O24. The molecular weight excluding hydrogens is 1680 g/mol. The van der Waals surface area contributed by atoms with E-state index in [9.17, 15) is 118 Å². The maximum Gasteiger partial charge on any atom is 0.242 e. The first-order chi connectivity index (χ1) is 60.0. The van der Waals surface area contributed by atoms with Crippen LogP contribution in [0.4, 0.5) is 0 Å². The monoisotopic (exact) mass is 1840 g/mol. The first-order valence-corrected chi connectivity index (χ1v) is 45.8. The highest BCUT2D eigenvalue weighted by Crippen LogP contribution is 2.19. The normalized spacial score (nSPS) is 15.1. The number of carbonyl (C=O) groups excluding carboxylic acids is 16. The van der Waals surface area contributed by atoms with Crippen molar-refractivity contribution in [3.05, 3.63) is 0 Å². The predicted molar refractivity (Wildman–Crippen MR) is 483 cm³/mol. The summed E-state index contributed by atoms with van der Waals surface area (Å²) in [5.41, 5.74) is 5.45. The van der Waals surface area contributed by atoms with Gasteiger partial charge in [0.15, 0.2) is 0 Å². The number of hydrogen-bond donors (Lipinski definition) is 10. The van der Waals surface area contributed by atoms with E-state index in [2.05, 4.69) is 5.32 Å². The van der Waals surface area contributed by atoms with Crippen molar-refractivity contribution in [2.75, 3.05) is 157 Å². The largest absolute Gasteiger partial charge is 0.392 e. The molecule has 0 aliphatic carbocycles. The maximum atomic E-state index is 14.9. The molecule has 129 heavy (non-hydrogen) atoms. The Balaban J connectivity index is 7.35. The average Bonchev–Trinajstić information content (AvgIpc) is 0.834. The van der Waals surface area contributed by atoms with Crippen molar-refractivity contribution in [3.8, 4) is 0 Å². The van der Waals surface area contributed by atoms with Gasteiger partial charge in [0.25, 0.3) is 0 Å². The molecule has 0 fully saturated rings. The van der Waals surface area contributed by atoms with E-state index in [1.165, 1.54) is 89.7 Å². The third-order valence-electron chi connectivity index (χ3n) is 22.8. The molecule has 0 aromatic rings. The minimum atomic E-state index is -1.29. The Morgan fingerprint density at radius 2 is 0.333 bits per heavy atom. The molecule has 16 amide bonds. The third-order valence-corrected chi connectivity index (χ3v) is 22.8. The Kier molecular flexibility index (Phi) is 56.8. The minimum absolute atomic E-state index is 0.0353. The number of amides is 16. The lowest BCUT2D eigenvalue weighted by molar-refractivity contribution is -0.152. The van der Waals surface area contributed by atoms with Crippen LogP contribution in [-0.4, -0.2) is 463 Å². The van der Waals surface area contributed by atoms with Crippen LogP contribution in [0.3, 0.4) is 0 Å². The van der Waals surface area contributed by atoms with Gasteiger partial charge in [-0.1, -0.05) is 55.4 Å². The van der Waals surface area contributed by atoms with E-state index in [0.717, 1.165) is 39.2 Å². The van der Waals surface area contributed by atoms with Crippen molar-refractivity contribution < 1.29 is 118 Å². The number of aliphatic hydroxyl groups excluding tert-OH is 8. The second-order valence-corrected chi connectivity index (χ2v) is 35.1. The van der Waals surface area contributed by atoms with Crippen molar-refractivity contribution in [1.82, 2.24) is 78.8 Å². The summed E-state index contributed by atoms with van der Waals surface area (Å²) in [6, 6.07) is -4.66. The van der Waals surface area contributed by atoms with Gasteiger partial charge in [-0.25, -0.2) is 0 Å². The first-order valence-electron chi connectivity index (χ1n) is 45.8. The molecule has 16 atom stereocenters. The fraction of sp³-hybridized carbons (Fsp3) is 0.818. The highest BCUT2D eigenvalue weighted by Gasteiger charge is 2.39. The van der Waals surface area contributed by atoms with E-state index in [-0.39, 0.29) is 64.3 Å².